The van der Waals surface area contributed by atoms with Gasteiger partial charge in [0.1, 0.15) is 5.75 Å². The normalized spacial score (nSPS) is 17.5. The van der Waals surface area contributed by atoms with Crippen LogP contribution in [0.4, 0.5) is 5.69 Å². The Kier molecular flexibility index (Phi) is 3.84. The smallest absolute Gasteiger partial charge is 0.140 e. The summed E-state index contributed by atoms with van der Waals surface area (Å²) in [5.74, 6) is 0.858. The van der Waals surface area contributed by atoms with E-state index in [1.165, 1.54) is 0 Å². The number of rotatable bonds is 3. The third-order valence-corrected chi connectivity index (χ3v) is 2.94. The number of aromatic nitrogens is 1. The zero-order valence-electron chi connectivity index (χ0n) is 10.9. The van der Waals surface area contributed by atoms with Crippen molar-refractivity contribution in [1.29, 1.82) is 0 Å². The Hall–Kier alpha value is -1.29. The molecule has 1 saturated heterocycles. The summed E-state index contributed by atoms with van der Waals surface area (Å²) in [7, 11) is 2.16. The molecule has 0 aromatic carbocycles. The Labute approximate surface area is 103 Å². The molecular weight excluding hydrogens is 214 g/mol. The Morgan fingerprint density at radius 3 is 2.53 bits per heavy atom. The van der Waals surface area contributed by atoms with E-state index in [2.05, 4.69) is 27.9 Å². The monoisotopic (exact) mass is 235 g/mol. The van der Waals surface area contributed by atoms with Crippen molar-refractivity contribution >= 4 is 5.69 Å². The van der Waals surface area contributed by atoms with Crippen LogP contribution in [0.1, 0.15) is 13.8 Å². The minimum absolute atomic E-state index is 0.194. The molecule has 0 aliphatic carbocycles. The third-order valence-electron chi connectivity index (χ3n) is 2.94. The van der Waals surface area contributed by atoms with Gasteiger partial charge in [0.05, 0.1) is 24.2 Å². The summed E-state index contributed by atoms with van der Waals surface area (Å²) in [5, 5.41) is 0. The average molecular weight is 235 g/mol. The fourth-order valence-corrected chi connectivity index (χ4v) is 1.98. The van der Waals surface area contributed by atoms with Gasteiger partial charge >= 0.3 is 0 Å². The van der Waals surface area contributed by atoms with Gasteiger partial charge in [0, 0.05) is 32.2 Å². The average Bonchev–Trinajstić information content (AvgIpc) is 2.29. The van der Waals surface area contributed by atoms with Gasteiger partial charge in [-0.05, 0) is 20.9 Å². The van der Waals surface area contributed by atoms with Crippen LogP contribution < -0.4 is 9.64 Å². The van der Waals surface area contributed by atoms with Crippen molar-refractivity contribution in [2.45, 2.75) is 20.0 Å². The highest BCUT2D eigenvalue weighted by molar-refractivity contribution is 5.48. The summed E-state index contributed by atoms with van der Waals surface area (Å²) in [6, 6.07) is 2.08. The maximum absolute atomic E-state index is 5.67. The van der Waals surface area contributed by atoms with Crippen LogP contribution in [0.15, 0.2) is 18.5 Å². The van der Waals surface area contributed by atoms with Crippen LogP contribution in [0.3, 0.4) is 0 Å². The molecule has 2 rings (SSSR count). The van der Waals surface area contributed by atoms with Gasteiger partial charge < -0.3 is 14.5 Å². The van der Waals surface area contributed by atoms with Crippen molar-refractivity contribution in [1.82, 2.24) is 9.88 Å². The largest absolute Gasteiger partial charge is 0.489 e. The summed E-state index contributed by atoms with van der Waals surface area (Å²) in [6.45, 7) is 8.39. The molecule has 4 nitrogen and oxygen atoms in total. The topological polar surface area (TPSA) is 28.6 Å². The van der Waals surface area contributed by atoms with E-state index in [9.17, 15) is 0 Å². The van der Waals surface area contributed by atoms with Crippen LogP contribution in [0.2, 0.25) is 0 Å². The predicted octanol–water partition coefficient (Wildman–Crippen LogP) is 1.62. The molecule has 2 heterocycles. The van der Waals surface area contributed by atoms with E-state index in [4.69, 9.17) is 4.74 Å². The number of hydrogen-bond donors (Lipinski definition) is 0. The van der Waals surface area contributed by atoms with Gasteiger partial charge in [-0.25, -0.2) is 0 Å². The molecule has 4 heteroatoms. The minimum atomic E-state index is 0.194. The van der Waals surface area contributed by atoms with E-state index in [1.807, 2.05) is 20.0 Å². The summed E-state index contributed by atoms with van der Waals surface area (Å²) in [6.07, 6.45) is 3.89. The van der Waals surface area contributed by atoms with E-state index in [0.717, 1.165) is 37.6 Å². The summed E-state index contributed by atoms with van der Waals surface area (Å²) in [5.41, 5.74) is 1.16. The van der Waals surface area contributed by atoms with E-state index < -0.39 is 0 Å². The first kappa shape index (κ1) is 12.2. The van der Waals surface area contributed by atoms with Crippen molar-refractivity contribution in [2.24, 2.45) is 0 Å². The van der Waals surface area contributed by atoms with Gasteiger partial charge in [-0.15, -0.1) is 0 Å². The highest BCUT2D eigenvalue weighted by Crippen LogP contribution is 2.21. The van der Waals surface area contributed by atoms with Gasteiger partial charge in [0.2, 0.25) is 0 Å². The molecule has 1 fully saturated rings. The second-order valence-corrected chi connectivity index (χ2v) is 4.84. The molecule has 0 N–H and O–H groups in total. The van der Waals surface area contributed by atoms with Crippen LogP contribution in [-0.4, -0.2) is 49.2 Å². The van der Waals surface area contributed by atoms with Crippen molar-refractivity contribution < 1.29 is 4.74 Å². The first-order valence-electron chi connectivity index (χ1n) is 6.20. The highest BCUT2D eigenvalue weighted by atomic mass is 16.5. The second kappa shape index (κ2) is 5.36. The summed E-state index contributed by atoms with van der Waals surface area (Å²) in [4.78, 5) is 8.96. The summed E-state index contributed by atoms with van der Waals surface area (Å²) < 4.78 is 5.67. The van der Waals surface area contributed by atoms with Gasteiger partial charge in [-0.2, -0.15) is 0 Å². The number of piperazine rings is 1. The molecule has 0 spiro atoms. The molecule has 1 aliphatic rings. The van der Waals surface area contributed by atoms with Crippen molar-refractivity contribution in [3.63, 3.8) is 0 Å². The van der Waals surface area contributed by atoms with Crippen LogP contribution in [0.25, 0.3) is 0 Å². The van der Waals surface area contributed by atoms with Crippen LogP contribution in [0.5, 0.6) is 5.75 Å². The second-order valence-electron chi connectivity index (χ2n) is 4.84. The molecular formula is C13H21N3O. The van der Waals surface area contributed by atoms with E-state index in [1.54, 1.807) is 6.20 Å². The molecule has 0 amide bonds. The highest BCUT2D eigenvalue weighted by Gasteiger charge is 2.15. The van der Waals surface area contributed by atoms with Gasteiger partial charge in [-0.1, -0.05) is 0 Å². The Morgan fingerprint density at radius 1 is 1.18 bits per heavy atom. The summed E-state index contributed by atoms with van der Waals surface area (Å²) >= 11 is 0. The van der Waals surface area contributed by atoms with Gasteiger partial charge in [0.15, 0.2) is 0 Å². The standard InChI is InChI=1S/C13H21N3O/c1-11(2)17-13-8-12(9-14-10-13)16-6-4-15(3)5-7-16/h8-11H,4-7H2,1-3H3. The zero-order chi connectivity index (χ0) is 12.3. The molecule has 94 valence electrons. The molecule has 0 radical (unpaired) electrons. The molecule has 0 unspecified atom stereocenters. The van der Waals surface area contributed by atoms with E-state index in [0.29, 0.717) is 0 Å². The van der Waals surface area contributed by atoms with Gasteiger partial charge in [0.25, 0.3) is 0 Å². The maximum atomic E-state index is 5.67. The van der Waals surface area contributed by atoms with Crippen LogP contribution >= 0.6 is 0 Å². The number of likely N-dealkylation sites (N-methyl/N-ethyl adjacent to an activating group) is 1. The molecule has 0 bridgehead atoms. The van der Waals surface area contributed by atoms with Crippen LogP contribution in [-0.2, 0) is 0 Å². The molecule has 1 aromatic heterocycles. The van der Waals surface area contributed by atoms with Crippen LogP contribution in [0, 0.1) is 0 Å². The van der Waals surface area contributed by atoms with Crippen molar-refractivity contribution in [2.75, 3.05) is 38.1 Å². The number of anilines is 1. The Balaban J connectivity index is 2.05. The first-order chi connectivity index (χ1) is 8.15. The maximum Gasteiger partial charge on any atom is 0.140 e. The molecule has 0 atom stereocenters. The number of hydrogen-bond acceptors (Lipinski definition) is 4. The lowest BCUT2D eigenvalue weighted by molar-refractivity contribution is 0.241. The Morgan fingerprint density at radius 2 is 1.88 bits per heavy atom. The van der Waals surface area contributed by atoms with E-state index >= 15 is 0 Å². The molecule has 1 aromatic rings. The number of nitrogens with zero attached hydrogens (tertiary/aromatic N) is 3. The molecule has 17 heavy (non-hydrogen) atoms. The minimum Gasteiger partial charge on any atom is -0.489 e. The first-order valence-corrected chi connectivity index (χ1v) is 6.20. The van der Waals surface area contributed by atoms with Crippen molar-refractivity contribution in [3.05, 3.63) is 18.5 Å². The lowest BCUT2D eigenvalue weighted by Gasteiger charge is -2.33. The van der Waals surface area contributed by atoms with Gasteiger partial charge in [-0.3, -0.25) is 4.98 Å². The number of pyridine rings is 1. The lowest BCUT2D eigenvalue weighted by Crippen LogP contribution is -2.44. The number of ether oxygens (including phenoxy) is 1. The molecule has 1 aliphatic heterocycles. The van der Waals surface area contributed by atoms with E-state index in [-0.39, 0.29) is 6.10 Å². The Bertz CT molecular complexity index is 359. The lowest BCUT2D eigenvalue weighted by atomic mass is 10.3. The quantitative estimate of drug-likeness (QED) is 0.796. The SMILES string of the molecule is CC(C)Oc1cncc(N2CCN(C)CC2)c1. The fraction of sp³-hybridized carbons (Fsp3) is 0.615. The fourth-order valence-electron chi connectivity index (χ4n) is 1.98. The predicted molar refractivity (Wildman–Crippen MR) is 69.7 cm³/mol. The van der Waals surface area contributed by atoms with Crippen molar-refractivity contribution in [3.8, 4) is 5.75 Å². The zero-order valence-corrected chi connectivity index (χ0v) is 10.9. The molecule has 0 saturated carbocycles. The third kappa shape index (κ3) is 3.33.